The van der Waals surface area contributed by atoms with Gasteiger partial charge in [0.05, 0.1) is 9.82 Å². The molecule has 6 nitrogen and oxygen atoms in total. The first-order valence-corrected chi connectivity index (χ1v) is 7.37. The molecule has 0 N–H and O–H groups in total. The van der Waals surface area contributed by atoms with Crippen LogP contribution in [-0.4, -0.2) is 30.7 Å². The van der Waals surface area contributed by atoms with Crippen molar-refractivity contribution in [1.82, 2.24) is 4.31 Å². The van der Waals surface area contributed by atoms with Gasteiger partial charge in [-0.1, -0.05) is 12.2 Å². The first-order chi connectivity index (χ1) is 9.34. The highest BCUT2D eigenvalue weighted by Gasteiger charge is 2.29. The third kappa shape index (κ3) is 2.56. The van der Waals surface area contributed by atoms with Crippen LogP contribution < -0.4 is 0 Å². The van der Waals surface area contributed by atoms with E-state index in [0.717, 1.165) is 12.1 Å². The Morgan fingerprint density at radius 1 is 1.35 bits per heavy atom. The molecular weight excluding hydrogens is 287 g/mol. The lowest BCUT2D eigenvalue weighted by atomic mass is 10.2. The summed E-state index contributed by atoms with van der Waals surface area (Å²) in [6.07, 6.45) is 4.17. The van der Waals surface area contributed by atoms with Crippen molar-refractivity contribution >= 4 is 15.7 Å². The van der Waals surface area contributed by atoms with Crippen LogP contribution >= 0.6 is 0 Å². The van der Waals surface area contributed by atoms with Crippen LogP contribution in [0, 0.1) is 22.9 Å². The zero-order valence-electron chi connectivity index (χ0n) is 10.7. The predicted molar refractivity (Wildman–Crippen MR) is 70.3 cm³/mol. The Hall–Kier alpha value is -1.80. The monoisotopic (exact) mass is 300 g/mol. The average molecular weight is 300 g/mol. The van der Waals surface area contributed by atoms with Crippen molar-refractivity contribution in [2.24, 2.45) is 0 Å². The van der Waals surface area contributed by atoms with Crippen molar-refractivity contribution in [3.8, 4) is 0 Å². The number of rotatable bonds is 3. The molecule has 2 rings (SSSR count). The fraction of sp³-hybridized carbons (Fsp3) is 0.333. The highest BCUT2D eigenvalue weighted by molar-refractivity contribution is 7.89. The highest BCUT2D eigenvalue weighted by atomic mass is 32.2. The van der Waals surface area contributed by atoms with E-state index >= 15 is 0 Å². The fourth-order valence-electron chi connectivity index (χ4n) is 2.04. The lowest BCUT2D eigenvalue weighted by Crippen LogP contribution is -2.34. The van der Waals surface area contributed by atoms with Gasteiger partial charge in [0.1, 0.15) is 0 Å². The number of hydrogen-bond acceptors (Lipinski definition) is 4. The van der Waals surface area contributed by atoms with E-state index in [4.69, 9.17) is 0 Å². The van der Waals surface area contributed by atoms with Crippen LogP contribution in [0.5, 0.6) is 0 Å². The molecule has 0 aromatic heterocycles. The molecule has 0 saturated carbocycles. The van der Waals surface area contributed by atoms with Crippen LogP contribution in [0.3, 0.4) is 0 Å². The quantitative estimate of drug-likeness (QED) is 0.486. The number of halogens is 1. The average Bonchev–Trinajstić information content (AvgIpc) is 2.39. The Morgan fingerprint density at radius 3 is 2.60 bits per heavy atom. The third-order valence-electron chi connectivity index (χ3n) is 3.08. The molecule has 1 aliphatic heterocycles. The molecular formula is C12H13FN2O4S. The SMILES string of the molecule is Cc1cc(F)c([N+](=O)[O-])cc1S(=O)(=O)N1CC=CCC1. The first kappa shape index (κ1) is 14.6. The van der Waals surface area contributed by atoms with Gasteiger partial charge in [0, 0.05) is 19.2 Å². The predicted octanol–water partition coefficient (Wildman–Crippen LogP) is 1.99. The van der Waals surface area contributed by atoms with Gasteiger partial charge in [-0.15, -0.1) is 0 Å². The van der Waals surface area contributed by atoms with Crippen LogP contribution in [0.4, 0.5) is 10.1 Å². The molecule has 0 unspecified atom stereocenters. The second-order valence-electron chi connectivity index (χ2n) is 4.45. The second kappa shape index (κ2) is 5.29. The summed E-state index contributed by atoms with van der Waals surface area (Å²) in [5.74, 6) is -1.04. The summed E-state index contributed by atoms with van der Waals surface area (Å²) in [4.78, 5) is 9.59. The summed E-state index contributed by atoms with van der Waals surface area (Å²) in [6, 6.07) is 1.67. The first-order valence-electron chi connectivity index (χ1n) is 5.93. The van der Waals surface area contributed by atoms with Gasteiger partial charge >= 0.3 is 5.69 Å². The van der Waals surface area contributed by atoms with E-state index in [1.165, 1.54) is 11.2 Å². The zero-order valence-corrected chi connectivity index (χ0v) is 11.6. The molecule has 1 heterocycles. The van der Waals surface area contributed by atoms with E-state index in [-0.39, 0.29) is 17.0 Å². The minimum atomic E-state index is -3.85. The number of benzene rings is 1. The van der Waals surface area contributed by atoms with Crippen LogP contribution in [0.15, 0.2) is 29.2 Å². The molecule has 0 radical (unpaired) electrons. The minimum Gasteiger partial charge on any atom is -0.258 e. The number of hydrogen-bond donors (Lipinski definition) is 0. The summed E-state index contributed by atoms with van der Waals surface area (Å²) in [5.41, 5.74) is -0.677. The molecule has 20 heavy (non-hydrogen) atoms. The van der Waals surface area contributed by atoms with E-state index in [1.54, 1.807) is 6.08 Å². The standard InChI is InChI=1S/C12H13FN2O4S/c1-9-7-10(13)11(15(16)17)8-12(9)20(18,19)14-5-3-2-4-6-14/h2-3,7-8H,4-6H2,1H3. The maximum Gasteiger partial charge on any atom is 0.306 e. The summed E-state index contributed by atoms with van der Waals surface area (Å²) < 4.78 is 39.6. The summed E-state index contributed by atoms with van der Waals surface area (Å²) >= 11 is 0. The van der Waals surface area contributed by atoms with Gasteiger partial charge in [-0.25, -0.2) is 8.42 Å². The lowest BCUT2D eigenvalue weighted by molar-refractivity contribution is -0.387. The van der Waals surface area contributed by atoms with Crippen LogP contribution in [0.2, 0.25) is 0 Å². The maximum atomic E-state index is 13.5. The minimum absolute atomic E-state index is 0.155. The molecule has 0 amide bonds. The molecule has 0 spiro atoms. The number of nitro groups is 1. The van der Waals surface area contributed by atoms with E-state index in [2.05, 4.69) is 0 Å². The Morgan fingerprint density at radius 2 is 2.05 bits per heavy atom. The normalized spacial score (nSPS) is 16.3. The zero-order chi connectivity index (χ0) is 14.9. The largest absolute Gasteiger partial charge is 0.306 e. The molecule has 8 heteroatoms. The van der Waals surface area contributed by atoms with Crippen LogP contribution in [-0.2, 0) is 10.0 Å². The molecule has 108 valence electrons. The van der Waals surface area contributed by atoms with Gasteiger partial charge in [-0.2, -0.15) is 8.70 Å². The Labute approximate surface area is 115 Å². The number of nitrogens with zero attached hydrogens (tertiary/aromatic N) is 2. The van der Waals surface area contributed by atoms with E-state index in [0.29, 0.717) is 13.0 Å². The van der Waals surface area contributed by atoms with Gasteiger partial charge in [0.25, 0.3) is 0 Å². The number of nitro benzene ring substituents is 1. The molecule has 0 bridgehead atoms. The molecule has 1 aromatic rings. The summed E-state index contributed by atoms with van der Waals surface area (Å²) in [7, 11) is -3.85. The Bertz CT molecular complexity index is 685. The van der Waals surface area contributed by atoms with Crippen LogP contribution in [0.1, 0.15) is 12.0 Å². The van der Waals surface area contributed by atoms with Crippen molar-refractivity contribution in [2.75, 3.05) is 13.1 Å². The van der Waals surface area contributed by atoms with Gasteiger partial charge in [0.2, 0.25) is 15.8 Å². The molecule has 0 aliphatic carbocycles. The van der Waals surface area contributed by atoms with E-state index in [1.807, 2.05) is 6.08 Å². The number of sulfonamides is 1. The maximum absolute atomic E-state index is 13.5. The van der Waals surface area contributed by atoms with Crippen molar-refractivity contribution < 1.29 is 17.7 Å². The molecule has 1 aliphatic rings. The fourth-order valence-corrected chi connectivity index (χ4v) is 3.67. The topological polar surface area (TPSA) is 80.5 Å². The number of aryl methyl sites for hydroxylation is 1. The van der Waals surface area contributed by atoms with Crippen molar-refractivity contribution in [2.45, 2.75) is 18.2 Å². The Balaban J connectivity index is 2.54. The van der Waals surface area contributed by atoms with Crippen molar-refractivity contribution in [3.05, 3.63) is 45.8 Å². The smallest absolute Gasteiger partial charge is 0.258 e. The lowest BCUT2D eigenvalue weighted by Gasteiger charge is -2.23. The molecule has 0 atom stereocenters. The summed E-state index contributed by atoms with van der Waals surface area (Å²) in [5, 5.41) is 10.7. The van der Waals surface area contributed by atoms with Gasteiger partial charge in [-0.3, -0.25) is 10.1 Å². The molecule has 0 fully saturated rings. The van der Waals surface area contributed by atoms with Gasteiger partial charge in [0.15, 0.2) is 0 Å². The van der Waals surface area contributed by atoms with Crippen molar-refractivity contribution in [1.29, 1.82) is 0 Å². The van der Waals surface area contributed by atoms with Crippen LogP contribution in [0.25, 0.3) is 0 Å². The third-order valence-corrected chi connectivity index (χ3v) is 5.09. The van der Waals surface area contributed by atoms with Gasteiger partial charge < -0.3 is 0 Å². The second-order valence-corrected chi connectivity index (χ2v) is 6.36. The molecule has 1 aromatic carbocycles. The van der Waals surface area contributed by atoms with Gasteiger partial charge in [-0.05, 0) is 25.0 Å². The van der Waals surface area contributed by atoms with E-state index in [9.17, 15) is 22.9 Å². The van der Waals surface area contributed by atoms with Crippen molar-refractivity contribution in [3.63, 3.8) is 0 Å². The van der Waals surface area contributed by atoms with E-state index < -0.39 is 26.5 Å². The Kier molecular flexibility index (Phi) is 3.87. The molecule has 0 saturated heterocycles. The summed E-state index contributed by atoms with van der Waals surface area (Å²) in [6.45, 7) is 1.94. The highest BCUT2D eigenvalue weighted by Crippen LogP contribution is 2.28.